The van der Waals surface area contributed by atoms with Crippen molar-refractivity contribution in [2.75, 3.05) is 39.5 Å². The minimum absolute atomic E-state index is 0.0976. The number of nitrogens with one attached hydrogen (secondary N) is 6. The number of alkyl halides is 1. The fourth-order valence-electron chi connectivity index (χ4n) is 5.62. The summed E-state index contributed by atoms with van der Waals surface area (Å²) < 4.78 is 5.56. The lowest BCUT2D eigenvalue weighted by molar-refractivity contribution is -0.137. The van der Waals surface area contributed by atoms with E-state index >= 15 is 0 Å². The van der Waals surface area contributed by atoms with E-state index in [2.05, 4.69) is 54.5 Å². The topological polar surface area (TPSA) is 221 Å². The van der Waals surface area contributed by atoms with Crippen molar-refractivity contribution < 1.29 is 43.1 Å². The SMILES string of the molecule is O=C(CCN1C(=O)C=CC1=O)NCC(=O)NCC(=O)N[C@@H](Cc1ccccc1)C(=O)NCC(=O)NCOCC(=O)NC1CC2(I)CC1C2. The molecule has 16 nitrogen and oxygen atoms in total. The Kier molecular flexibility index (Phi) is 13.0. The van der Waals surface area contributed by atoms with Crippen LogP contribution in [0, 0.1) is 5.92 Å². The van der Waals surface area contributed by atoms with Crippen LogP contribution in [0.15, 0.2) is 42.5 Å². The summed E-state index contributed by atoms with van der Waals surface area (Å²) in [6.45, 7) is -1.94. The largest absolute Gasteiger partial charge is 0.351 e. The van der Waals surface area contributed by atoms with E-state index in [1.165, 1.54) is 0 Å². The molecule has 3 aliphatic carbocycles. The van der Waals surface area contributed by atoms with Crippen LogP contribution in [0.1, 0.15) is 31.2 Å². The lowest BCUT2D eigenvalue weighted by Gasteiger charge is -2.32. The van der Waals surface area contributed by atoms with E-state index in [1.54, 1.807) is 30.3 Å². The van der Waals surface area contributed by atoms with Gasteiger partial charge in [-0.2, -0.15) is 0 Å². The van der Waals surface area contributed by atoms with Crippen molar-refractivity contribution in [1.82, 2.24) is 36.8 Å². The minimum atomic E-state index is -1.09. The molecule has 6 N–H and O–H groups in total. The normalized spacial score (nSPS) is 21.1. The second-order valence-electron chi connectivity index (χ2n) is 11.8. The van der Waals surface area contributed by atoms with Gasteiger partial charge in [-0.3, -0.25) is 43.3 Å². The van der Waals surface area contributed by atoms with Crippen molar-refractivity contribution in [2.45, 2.75) is 47.6 Å². The van der Waals surface area contributed by atoms with Gasteiger partial charge in [0.1, 0.15) is 19.4 Å². The van der Waals surface area contributed by atoms with Gasteiger partial charge < -0.3 is 36.6 Å². The highest BCUT2D eigenvalue weighted by atomic mass is 127. The monoisotopic (exact) mass is 779 g/mol. The predicted molar refractivity (Wildman–Crippen MR) is 177 cm³/mol. The van der Waals surface area contributed by atoms with Crippen molar-refractivity contribution >= 4 is 69.8 Å². The first-order valence-electron chi connectivity index (χ1n) is 15.4. The van der Waals surface area contributed by atoms with E-state index in [4.69, 9.17) is 4.74 Å². The lowest BCUT2D eigenvalue weighted by atomic mass is 9.84. The molecule has 5 rings (SSSR count). The number of carbonyl (C=O) groups is 8. The van der Waals surface area contributed by atoms with Gasteiger partial charge in [0.2, 0.25) is 35.4 Å². The first-order chi connectivity index (χ1) is 22.9. The molecular formula is C31H38IN7O9. The highest BCUT2D eigenvalue weighted by molar-refractivity contribution is 14.1. The maximum Gasteiger partial charge on any atom is 0.253 e. The maximum absolute atomic E-state index is 13.0. The molecule has 17 heteroatoms. The quantitative estimate of drug-likeness (QED) is 0.0317. The number of carbonyl (C=O) groups excluding carboxylic acids is 8. The summed E-state index contributed by atoms with van der Waals surface area (Å²) in [7, 11) is 0. The van der Waals surface area contributed by atoms with Crippen molar-refractivity contribution in [3.8, 4) is 0 Å². The van der Waals surface area contributed by atoms with E-state index in [1.807, 2.05) is 0 Å². The van der Waals surface area contributed by atoms with Crippen LogP contribution in [0.3, 0.4) is 0 Å². The third-order valence-corrected chi connectivity index (χ3v) is 9.40. The fourth-order valence-corrected chi connectivity index (χ4v) is 7.22. The molecule has 0 spiro atoms. The molecule has 1 aromatic rings. The smallest absolute Gasteiger partial charge is 0.253 e. The molecule has 48 heavy (non-hydrogen) atoms. The molecular weight excluding hydrogens is 741 g/mol. The molecule has 1 heterocycles. The molecule has 2 atom stereocenters. The molecule has 1 aliphatic heterocycles. The van der Waals surface area contributed by atoms with Crippen LogP contribution in [0.25, 0.3) is 0 Å². The Labute approximate surface area is 290 Å². The van der Waals surface area contributed by atoms with Gasteiger partial charge in [-0.25, -0.2) is 0 Å². The maximum atomic E-state index is 13.0. The third-order valence-electron chi connectivity index (χ3n) is 8.07. The van der Waals surface area contributed by atoms with Crippen LogP contribution in [0.2, 0.25) is 0 Å². The van der Waals surface area contributed by atoms with Crippen LogP contribution in [0.5, 0.6) is 0 Å². The van der Waals surface area contributed by atoms with Gasteiger partial charge in [-0.05, 0) is 30.7 Å². The number of hydrogen-bond acceptors (Lipinski definition) is 9. The Bertz CT molecular complexity index is 1430. The van der Waals surface area contributed by atoms with Crippen LogP contribution < -0.4 is 31.9 Å². The zero-order valence-electron chi connectivity index (χ0n) is 26.1. The molecule has 2 bridgehead atoms. The van der Waals surface area contributed by atoms with Gasteiger partial charge in [0.25, 0.3) is 11.8 Å². The fraction of sp³-hybridized carbons (Fsp3) is 0.484. The molecule has 258 valence electrons. The molecule has 0 radical (unpaired) electrons. The van der Waals surface area contributed by atoms with Gasteiger partial charge in [0.15, 0.2) is 0 Å². The highest BCUT2D eigenvalue weighted by Crippen LogP contribution is 2.57. The van der Waals surface area contributed by atoms with E-state index in [0.717, 1.165) is 41.9 Å². The molecule has 1 unspecified atom stereocenters. The highest BCUT2D eigenvalue weighted by Gasteiger charge is 2.54. The summed E-state index contributed by atoms with van der Waals surface area (Å²) in [4.78, 5) is 98.2. The molecule has 0 saturated heterocycles. The molecule has 4 aliphatic rings. The van der Waals surface area contributed by atoms with Crippen LogP contribution in [-0.2, 0) is 49.5 Å². The number of hydrogen-bond donors (Lipinski definition) is 6. The number of imide groups is 1. The summed E-state index contributed by atoms with van der Waals surface area (Å²) in [6.07, 6.45) is 5.28. The Morgan fingerprint density at radius 3 is 2.10 bits per heavy atom. The van der Waals surface area contributed by atoms with E-state index < -0.39 is 67.0 Å². The zero-order valence-corrected chi connectivity index (χ0v) is 28.2. The number of rotatable bonds is 18. The predicted octanol–water partition coefficient (Wildman–Crippen LogP) is -2.06. The number of ether oxygens (including phenoxy) is 1. The van der Waals surface area contributed by atoms with E-state index in [-0.39, 0.29) is 44.7 Å². The molecule has 3 saturated carbocycles. The van der Waals surface area contributed by atoms with E-state index in [9.17, 15) is 38.4 Å². The number of benzene rings is 1. The van der Waals surface area contributed by atoms with Gasteiger partial charge in [-0.1, -0.05) is 52.9 Å². The second-order valence-corrected chi connectivity index (χ2v) is 14.1. The van der Waals surface area contributed by atoms with Crippen LogP contribution in [0.4, 0.5) is 0 Å². The van der Waals surface area contributed by atoms with Gasteiger partial charge >= 0.3 is 0 Å². The number of fused-ring (bicyclic) bond motifs is 1. The summed E-state index contributed by atoms with van der Waals surface area (Å²) in [5.74, 6) is -3.94. The van der Waals surface area contributed by atoms with Gasteiger partial charge in [0.05, 0.1) is 19.6 Å². The van der Waals surface area contributed by atoms with Crippen molar-refractivity contribution in [1.29, 1.82) is 0 Å². The van der Waals surface area contributed by atoms with Crippen molar-refractivity contribution in [2.24, 2.45) is 5.92 Å². The second kappa shape index (κ2) is 17.1. The standard InChI is InChI=1S/C31H38IN7O9/c32-31-11-20(12-31)22(13-31)38-27(44)17-48-18-36-25(42)15-35-30(47)21(10-19-4-2-1-3-5-19)37-26(43)16-34-24(41)14-33-23(40)8-9-39-28(45)6-7-29(39)46/h1-7,20-22H,8-18H2,(H,33,40)(H,34,41)(H,35,47)(H,36,42)(H,37,43)(H,38,44)/t20?,21-,22?,31?/m0/s1. The van der Waals surface area contributed by atoms with Crippen molar-refractivity contribution in [3.63, 3.8) is 0 Å². The molecule has 3 fully saturated rings. The Balaban J connectivity index is 1.13. The van der Waals surface area contributed by atoms with Gasteiger partial charge in [0, 0.05) is 41.0 Å². The van der Waals surface area contributed by atoms with E-state index in [0.29, 0.717) is 9.34 Å². The summed E-state index contributed by atoms with van der Waals surface area (Å²) in [5, 5.41) is 15.1. The molecule has 1 aromatic carbocycles. The Morgan fingerprint density at radius 2 is 1.44 bits per heavy atom. The first-order valence-corrected chi connectivity index (χ1v) is 16.5. The summed E-state index contributed by atoms with van der Waals surface area (Å²) in [5.41, 5.74) is 0.734. The molecule has 0 aromatic heterocycles. The number of nitrogens with zero attached hydrogens (tertiary/aromatic N) is 1. The Morgan fingerprint density at radius 1 is 0.812 bits per heavy atom. The summed E-state index contributed by atoms with van der Waals surface area (Å²) >= 11 is 2.46. The van der Waals surface area contributed by atoms with Gasteiger partial charge in [-0.15, -0.1) is 0 Å². The zero-order chi connectivity index (χ0) is 34.7. The minimum Gasteiger partial charge on any atom is -0.351 e. The van der Waals surface area contributed by atoms with Crippen LogP contribution in [-0.4, -0.2) is 107 Å². The average molecular weight is 780 g/mol. The van der Waals surface area contributed by atoms with Crippen molar-refractivity contribution in [3.05, 3.63) is 48.0 Å². The third kappa shape index (κ3) is 11.1. The summed E-state index contributed by atoms with van der Waals surface area (Å²) in [6, 6.07) is 7.93. The lowest BCUT2D eigenvalue weighted by Crippen LogP contribution is -2.52. The average Bonchev–Trinajstić information content (AvgIpc) is 3.66. The Hall–Kier alpha value is -4.39. The number of amides is 8. The molecule has 8 amide bonds. The number of halogens is 1. The first kappa shape index (κ1) is 36.4. The van der Waals surface area contributed by atoms with Crippen LogP contribution >= 0.6 is 22.6 Å².